The molecule has 0 saturated carbocycles. The average molecular weight is 444 g/mol. The van der Waals surface area contributed by atoms with Gasteiger partial charge in [-0.2, -0.15) is 0 Å². The number of nitrogens with one attached hydrogen (secondary N) is 2. The van der Waals surface area contributed by atoms with E-state index in [4.69, 9.17) is 0 Å². The van der Waals surface area contributed by atoms with Crippen molar-refractivity contribution in [3.8, 4) is 0 Å². The van der Waals surface area contributed by atoms with Crippen LogP contribution in [0.1, 0.15) is 25.3 Å². The van der Waals surface area contributed by atoms with Crippen molar-refractivity contribution in [1.82, 2.24) is 14.5 Å². The molecule has 28 heavy (non-hydrogen) atoms. The third-order valence-corrected chi connectivity index (χ3v) is 7.74. The van der Waals surface area contributed by atoms with Crippen molar-refractivity contribution in [1.29, 1.82) is 0 Å². The zero-order valence-electron chi connectivity index (χ0n) is 16.4. The number of amides is 1. The van der Waals surface area contributed by atoms with E-state index in [0.717, 1.165) is 28.8 Å². The van der Waals surface area contributed by atoms with E-state index in [0.29, 0.717) is 15.6 Å². The zero-order valence-corrected chi connectivity index (χ0v) is 18.8. The highest BCUT2D eigenvalue weighted by Crippen LogP contribution is 2.26. The molecule has 0 atom stereocenters. The van der Waals surface area contributed by atoms with Crippen molar-refractivity contribution in [2.24, 2.45) is 0 Å². The summed E-state index contributed by atoms with van der Waals surface area (Å²) in [6.45, 7) is 4.69. The van der Waals surface area contributed by atoms with Crippen molar-refractivity contribution in [2.75, 3.05) is 37.0 Å². The molecule has 0 saturated heterocycles. The molecule has 0 aliphatic rings. The van der Waals surface area contributed by atoms with Crippen LogP contribution in [0.2, 0.25) is 0 Å². The number of hydrogen-bond acceptors (Lipinski definition) is 8. The number of hydrogen-bond donors (Lipinski definition) is 2. The Kier molecular flexibility index (Phi) is 8.23. The maximum absolute atomic E-state index is 12.4. The van der Waals surface area contributed by atoms with E-state index in [1.165, 1.54) is 43.3 Å². The van der Waals surface area contributed by atoms with E-state index in [2.05, 4.69) is 27.8 Å². The predicted molar refractivity (Wildman–Crippen MR) is 115 cm³/mol. The Hall–Kier alpha value is -1.69. The topological polar surface area (TPSA) is 104 Å². The minimum absolute atomic E-state index is 0.160. The number of carbonyl (C=O) groups excluding carboxylic acids is 1. The molecule has 1 heterocycles. The lowest BCUT2D eigenvalue weighted by Crippen LogP contribution is -2.23. The summed E-state index contributed by atoms with van der Waals surface area (Å²) in [5.74, 6) is -0.0782. The van der Waals surface area contributed by atoms with E-state index in [9.17, 15) is 13.2 Å². The third-order valence-electron chi connectivity index (χ3n) is 3.77. The molecule has 2 aromatic rings. The van der Waals surface area contributed by atoms with Gasteiger partial charge < -0.3 is 10.6 Å². The zero-order chi connectivity index (χ0) is 20.7. The van der Waals surface area contributed by atoms with Gasteiger partial charge in [0.05, 0.1) is 10.6 Å². The lowest BCUT2D eigenvalue weighted by molar-refractivity contribution is -0.113. The van der Waals surface area contributed by atoms with E-state index < -0.39 is 10.0 Å². The number of thioether (sulfide) groups is 1. The summed E-state index contributed by atoms with van der Waals surface area (Å²) in [6, 6.07) is 4.85. The number of aryl methyl sites for hydroxylation is 1. The van der Waals surface area contributed by atoms with Crippen LogP contribution in [0.3, 0.4) is 0 Å². The quantitative estimate of drug-likeness (QED) is 0.429. The lowest BCUT2D eigenvalue weighted by atomic mass is 10.2. The maximum Gasteiger partial charge on any atom is 0.242 e. The number of sulfonamides is 1. The van der Waals surface area contributed by atoms with Crippen LogP contribution in [0.25, 0.3) is 0 Å². The van der Waals surface area contributed by atoms with Crippen molar-refractivity contribution >= 4 is 49.8 Å². The van der Waals surface area contributed by atoms with Gasteiger partial charge in [-0.25, -0.2) is 12.7 Å². The number of rotatable bonds is 10. The second-order valence-corrected chi connectivity index (χ2v) is 10.6. The normalized spacial score (nSPS) is 11.6. The number of benzene rings is 1. The number of nitrogens with zero attached hydrogens (tertiary/aromatic N) is 3. The number of carbonyl (C=O) groups is 1. The molecule has 1 amide bonds. The average Bonchev–Trinajstić information content (AvgIpc) is 3.09. The fourth-order valence-corrected chi connectivity index (χ4v) is 4.91. The number of aromatic nitrogens is 2. The van der Waals surface area contributed by atoms with E-state index in [1.807, 2.05) is 0 Å². The molecule has 0 aliphatic heterocycles. The second kappa shape index (κ2) is 10.2. The van der Waals surface area contributed by atoms with Crippen LogP contribution in [0, 0.1) is 6.92 Å². The third kappa shape index (κ3) is 6.16. The van der Waals surface area contributed by atoms with Gasteiger partial charge in [0.25, 0.3) is 0 Å². The molecule has 1 aromatic heterocycles. The largest absolute Gasteiger partial charge is 0.360 e. The maximum atomic E-state index is 12.4. The number of anilines is 2. The Morgan fingerprint density at radius 1 is 1.29 bits per heavy atom. The van der Waals surface area contributed by atoms with Crippen molar-refractivity contribution in [3.05, 3.63) is 23.8 Å². The molecule has 1 aromatic carbocycles. The first-order valence-electron chi connectivity index (χ1n) is 8.77. The molecular formula is C17H25N5O3S3. The molecule has 0 bridgehead atoms. The van der Waals surface area contributed by atoms with Gasteiger partial charge in [0.1, 0.15) is 0 Å². The van der Waals surface area contributed by atoms with Crippen LogP contribution in [0.5, 0.6) is 0 Å². The van der Waals surface area contributed by atoms with Crippen molar-refractivity contribution in [2.45, 2.75) is 35.9 Å². The monoisotopic (exact) mass is 443 g/mol. The molecule has 0 unspecified atom stereocenters. The smallest absolute Gasteiger partial charge is 0.242 e. The summed E-state index contributed by atoms with van der Waals surface area (Å²) >= 11 is 2.70. The lowest BCUT2D eigenvalue weighted by Gasteiger charge is -2.15. The molecule has 11 heteroatoms. The summed E-state index contributed by atoms with van der Waals surface area (Å²) in [7, 11) is -0.622. The molecule has 154 valence electrons. The van der Waals surface area contributed by atoms with E-state index >= 15 is 0 Å². The molecule has 0 aliphatic carbocycles. The Morgan fingerprint density at radius 3 is 2.71 bits per heavy atom. The van der Waals surface area contributed by atoms with Gasteiger partial charge in [0.15, 0.2) is 4.34 Å². The molecule has 0 radical (unpaired) electrons. The highest BCUT2D eigenvalue weighted by atomic mass is 32.2. The summed E-state index contributed by atoms with van der Waals surface area (Å²) in [5.41, 5.74) is 1.06. The van der Waals surface area contributed by atoms with Gasteiger partial charge in [0.2, 0.25) is 21.1 Å². The van der Waals surface area contributed by atoms with Gasteiger partial charge in [-0.05, 0) is 31.0 Å². The fraction of sp³-hybridized carbons (Fsp3) is 0.471. The first-order chi connectivity index (χ1) is 13.2. The fourth-order valence-electron chi connectivity index (χ4n) is 2.19. The molecule has 0 fully saturated rings. The van der Waals surface area contributed by atoms with Crippen molar-refractivity contribution in [3.63, 3.8) is 0 Å². The standard InChI is InChI=1S/C17H25N5O3S3/c1-5-6-9-18-16-20-21-17(27-16)26-11-15(23)19-13-8-7-12(2)14(10-13)28(24,25)22(3)4/h7-8,10H,5-6,9,11H2,1-4H3,(H,18,20)(H,19,23). The van der Waals surface area contributed by atoms with Gasteiger partial charge in [-0.15, -0.1) is 10.2 Å². The van der Waals surface area contributed by atoms with Crippen LogP contribution in [-0.2, 0) is 14.8 Å². The van der Waals surface area contributed by atoms with Crippen LogP contribution in [-0.4, -0.2) is 55.2 Å². The van der Waals surface area contributed by atoms with E-state index in [-0.39, 0.29) is 16.6 Å². The molecular weight excluding hydrogens is 418 g/mol. The Balaban J connectivity index is 1.95. The van der Waals surface area contributed by atoms with Crippen LogP contribution in [0.15, 0.2) is 27.4 Å². The van der Waals surface area contributed by atoms with Crippen LogP contribution in [0.4, 0.5) is 10.8 Å². The van der Waals surface area contributed by atoms with Crippen LogP contribution < -0.4 is 10.6 Å². The summed E-state index contributed by atoms with van der Waals surface area (Å²) in [6.07, 6.45) is 2.16. The van der Waals surface area contributed by atoms with Crippen LogP contribution >= 0.6 is 23.1 Å². The Bertz CT molecular complexity index is 913. The van der Waals surface area contributed by atoms with Gasteiger partial charge >= 0.3 is 0 Å². The molecule has 2 N–H and O–H groups in total. The minimum atomic E-state index is -3.57. The van der Waals surface area contributed by atoms with Crippen molar-refractivity contribution < 1.29 is 13.2 Å². The first kappa shape index (κ1) is 22.6. The number of unbranched alkanes of at least 4 members (excludes halogenated alkanes) is 1. The van der Waals surface area contributed by atoms with Gasteiger partial charge in [-0.3, -0.25) is 4.79 Å². The molecule has 8 nitrogen and oxygen atoms in total. The first-order valence-corrected chi connectivity index (χ1v) is 12.0. The van der Waals surface area contributed by atoms with Gasteiger partial charge in [0, 0.05) is 26.3 Å². The Morgan fingerprint density at radius 2 is 2.04 bits per heavy atom. The molecule has 2 rings (SSSR count). The minimum Gasteiger partial charge on any atom is -0.360 e. The highest BCUT2D eigenvalue weighted by Gasteiger charge is 2.20. The SMILES string of the molecule is CCCCNc1nnc(SCC(=O)Nc2ccc(C)c(S(=O)(=O)N(C)C)c2)s1. The van der Waals surface area contributed by atoms with Gasteiger partial charge in [-0.1, -0.05) is 42.5 Å². The molecule has 0 spiro atoms. The predicted octanol–water partition coefficient (Wildman–Crippen LogP) is 3.04. The Labute approximate surface area is 174 Å². The summed E-state index contributed by atoms with van der Waals surface area (Å²) in [5, 5.41) is 14.8. The summed E-state index contributed by atoms with van der Waals surface area (Å²) < 4.78 is 26.6. The highest BCUT2D eigenvalue weighted by molar-refractivity contribution is 8.01. The second-order valence-electron chi connectivity index (χ2n) is 6.26. The summed E-state index contributed by atoms with van der Waals surface area (Å²) in [4.78, 5) is 12.4. The van der Waals surface area contributed by atoms with E-state index in [1.54, 1.807) is 19.1 Å².